The lowest BCUT2D eigenvalue weighted by Crippen LogP contribution is -2.40. The second-order valence-corrected chi connectivity index (χ2v) is 4.41. The third kappa shape index (κ3) is 3.65. The Morgan fingerprint density at radius 3 is 2.54 bits per heavy atom. The molecule has 1 fully saturated rings. The number of nitrogens with zero attached hydrogens (tertiary/aromatic N) is 1. The predicted molar refractivity (Wildman–Crippen MR) is 58.0 cm³/mol. The molecule has 0 bridgehead atoms. The monoisotopic (exact) mass is 184 g/mol. The van der Waals surface area contributed by atoms with Gasteiger partial charge >= 0.3 is 0 Å². The minimum atomic E-state index is 0.671. The van der Waals surface area contributed by atoms with E-state index in [2.05, 4.69) is 31.2 Å². The van der Waals surface area contributed by atoms with Crippen molar-refractivity contribution in [3.05, 3.63) is 0 Å². The van der Waals surface area contributed by atoms with Gasteiger partial charge in [0.25, 0.3) is 0 Å². The first-order valence-electron chi connectivity index (χ1n) is 5.62. The number of likely N-dealkylation sites (N-methyl/N-ethyl adjacent to an activating group) is 2. The molecular weight excluding hydrogens is 160 g/mol. The van der Waals surface area contributed by atoms with E-state index in [4.69, 9.17) is 0 Å². The number of hydrogen-bond donors (Lipinski definition) is 1. The van der Waals surface area contributed by atoms with Crippen molar-refractivity contribution in [3.8, 4) is 0 Å². The molecule has 2 heteroatoms. The van der Waals surface area contributed by atoms with Crippen LogP contribution in [0.2, 0.25) is 0 Å². The van der Waals surface area contributed by atoms with Crippen LogP contribution in [0.3, 0.4) is 0 Å². The molecule has 78 valence electrons. The molecule has 1 atom stereocenters. The summed E-state index contributed by atoms with van der Waals surface area (Å²) in [6.45, 7) is 4.75. The van der Waals surface area contributed by atoms with E-state index in [-0.39, 0.29) is 0 Å². The van der Waals surface area contributed by atoms with Crippen molar-refractivity contribution in [2.75, 3.05) is 27.2 Å². The van der Waals surface area contributed by atoms with Gasteiger partial charge in [0.1, 0.15) is 0 Å². The molecule has 0 amide bonds. The van der Waals surface area contributed by atoms with Gasteiger partial charge in [-0.2, -0.15) is 0 Å². The number of rotatable bonds is 6. The molecule has 0 radical (unpaired) electrons. The molecule has 1 rings (SSSR count). The summed E-state index contributed by atoms with van der Waals surface area (Å²) < 4.78 is 0. The second kappa shape index (κ2) is 5.61. The third-order valence-corrected chi connectivity index (χ3v) is 3.23. The highest BCUT2D eigenvalue weighted by molar-refractivity contribution is 4.74. The lowest BCUT2D eigenvalue weighted by Gasteiger charge is -2.31. The first kappa shape index (κ1) is 11.0. The average Bonchev–Trinajstić information content (AvgIpc) is 2.07. The van der Waals surface area contributed by atoms with Gasteiger partial charge in [-0.1, -0.05) is 13.3 Å². The van der Waals surface area contributed by atoms with E-state index in [9.17, 15) is 0 Å². The van der Waals surface area contributed by atoms with Gasteiger partial charge in [-0.25, -0.2) is 0 Å². The van der Waals surface area contributed by atoms with Gasteiger partial charge in [0.05, 0.1) is 0 Å². The van der Waals surface area contributed by atoms with Crippen molar-refractivity contribution in [3.63, 3.8) is 0 Å². The van der Waals surface area contributed by atoms with Crippen molar-refractivity contribution >= 4 is 0 Å². The molecule has 0 saturated heterocycles. The molecule has 1 saturated carbocycles. The van der Waals surface area contributed by atoms with Crippen LogP contribution in [-0.2, 0) is 0 Å². The van der Waals surface area contributed by atoms with Crippen molar-refractivity contribution in [2.24, 2.45) is 5.92 Å². The van der Waals surface area contributed by atoms with Crippen LogP contribution in [0.15, 0.2) is 0 Å². The molecule has 2 nitrogen and oxygen atoms in total. The summed E-state index contributed by atoms with van der Waals surface area (Å²) >= 11 is 0. The maximum absolute atomic E-state index is 3.35. The minimum absolute atomic E-state index is 0.671. The van der Waals surface area contributed by atoms with Crippen molar-refractivity contribution < 1.29 is 0 Å². The Hall–Kier alpha value is -0.0800. The Bertz CT molecular complexity index is 128. The summed E-state index contributed by atoms with van der Waals surface area (Å²) in [7, 11) is 4.31. The van der Waals surface area contributed by atoms with Crippen LogP contribution in [0.1, 0.15) is 32.6 Å². The zero-order valence-electron chi connectivity index (χ0n) is 9.34. The zero-order valence-corrected chi connectivity index (χ0v) is 9.34. The summed E-state index contributed by atoms with van der Waals surface area (Å²) in [5, 5.41) is 3.35. The normalized spacial score (nSPS) is 20.3. The van der Waals surface area contributed by atoms with Crippen LogP contribution >= 0.6 is 0 Å². The van der Waals surface area contributed by atoms with Crippen LogP contribution in [0.4, 0.5) is 0 Å². The molecule has 1 N–H and O–H groups in total. The fourth-order valence-electron chi connectivity index (χ4n) is 1.99. The van der Waals surface area contributed by atoms with E-state index < -0.39 is 0 Å². The Balaban J connectivity index is 2.10. The van der Waals surface area contributed by atoms with Gasteiger partial charge in [0.2, 0.25) is 0 Å². The van der Waals surface area contributed by atoms with Crippen LogP contribution in [0.5, 0.6) is 0 Å². The summed E-state index contributed by atoms with van der Waals surface area (Å²) in [6.07, 6.45) is 5.61. The summed E-state index contributed by atoms with van der Waals surface area (Å²) in [6, 6.07) is 0.671. The summed E-state index contributed by atoms with van der Waals surface area (Å²) in [4.78, 5) is 2.48. The smallest absolute Gasteiger partial charge is 0.0189 e. The molecule has 13 heavy (non-hydrogen) atoms. The average molecular weight is 184 g/mol. The lowest BCUT2D eigenvalue weighted by molar-refractivity contribution is 0.192. The van der Waals surface area contributed by atoms with E-state index in [0.29, 0.717) is 6.04 Å². The molecule has 0 heterocycles. The van der Waals surface area contributed by atoms with Gasteiger partial charge in [-0.3, -0.25) is 0 Å². The maximum atomic E-state index is 3.35. The minimum Gasteiger partial charge on any atom is -0.316 e. The van der Waals surface area contributed by atoms with Gasteiger partial charge in [0, 0.05) is 19.1 Å². The molecular formula is C11H24N2. The molecule has 1 aliphatic rings. The third-order valence-electron chi connectivity index (χ3n) is 3.23. The van der Waals surface area contributed by atoms with Gasteiger partial charge < -0.3 is 10.2 Å². The highest BCUT2D eigenvalue weighted by atomic mass is 15.1. The topological polar surface area (TPSA) is 15.3 Å². The Labute approximate surface area is 82.7 Å². The highest BCUT2D eigenvalue weighted by Gasteiger charge is 2.19. The molecule has 0 aromatic carbocycles. The predicted octanol–water partition coefficient (Wildman–Crippen LogP) is 1.72. The van der Waals surface area contributed by atoms with Crippen molar-refractivity contribution in [2.45, 2.75) is 38.6 Å². The maximum Gasteiger partial charge on any atom is 0.0189 e. The van der Waals surface area contributed by atoms with Gasteiger partial charge in [-0.05, 0) is 39.3 Å². The standard InChI is InChI=1S/C11H24N2/c1-4-11(12-2)9-13(3)8-10-6-5-7-10/h10-12H,4-9H2,1-3H3. The Morgan fingerprint density at radius 2 is 2.15 bits per heavy atom. The van der Waals surface area contributed by atoms with Crippen LogP contribution in [0.25, 0.3) is 0 Å². The lowest BCUT2D eigenvalue weighted by atomic mass is 9.85. The van der Waals surface area contributed by atoms with E-state index in [1.165, 1.54) is 38.8 Å². The van der Waals surface area contributed by atoms with E-state index in [0.717, 1.165) is 5.92 Å². The fourth-order valence-corrected chi connectivity index (χ4v) is 1.99. The Morgan fingerprint density at radius 1 is 1.46 bits per heavy atom. The van der Waals surface area contributed by atoms with E-state index in [1.807, 2.05) is 0 Å². The highest BCUT2D eigenvalue weighted by Crippen LogP contribution is 2.26. The zero-order chi connectivity index (χ0) is 9.68. The first-order valence-corrected chi connectivity index (χ1v) is 5.62. The SMILES string of the molecule is CCC(CN(C)CC1CCC1)NC. The van der Waals surface area contributed by atoms with Crippen LogP contribution in [0, 0.1) is 5.92 Å². The van der Waals surface area contributed by atoms with E-state index in [1.54, 1.807) is 0 Å². The molecule has 0 aromatic heterocycles. The molecule has 0 aliphatic heterocycles. The number of hydrogen-bond acceptors (Lipinski definition) is 2. The second-order valence-electron chi connectivity index (χ2n) is 4.41. The van der Waals surface area contributed by atoms with Crippen LogP contribution < -0.4 is 5.32 Å². The molecule has 1 unspecified atom stereocenters. The molecule has 0 spiro atoms. The van der Waals surface area contributed by atoms with Gasteiger partial charge in [-0.15, -0.1) is 0 Å². The molecule has 1 aliphatic carbocycles. The summed E-state index contributed by atoms with van der Waals surface area (Å²) in [5.41, 5.74) is 0. The van der Waals surface area contributed by atoms with Crippen molar-refractivity contribution in [1.29, 1.82) is 0 Å². The van der Waals surface area contributed by atoms with Crippen molar-refractivity contribution in [1.82, 2.24) is 10.2 Å². The largest absolute Gasteiger partial charge is 0.316 e. The molecule has 0 aromatic rings. The van der Waals surface area contributed by atoms with Gasteiger partial charge in [0.15, 0.2) is 0 Å². The first-order chi connectivity index (χ1) is 6.26. The van der Waals surface area contributed by atoms with Crippen LogP contribution in [-0.4, -0.2) is 38.1 Å². The quantitative estimate of drug-likeness (QED) is 0.676. The Kier molecular flexibility index (Phi) is 4.74. The summed E-state index contributed by atoms with van der Waals surface area (Å²) in [5.74, 6) is 0.999. The number of nitrogens with one attached hydrogen (secondary N) is 1. The van der Waals surface area contributed by atoms with E-state index >= 15 is 0 Å². The fraction of sp³-hybridized carbons (Fsp3) is 1.00.